The molecular weight excluding hydrogens is 341 g/mol. The largest absolute Gasteiger partial charge is 0.417 e. The molecule has 0 bridgehead atoms. The van der Waals surface area contributed by atoms with E-state index in [1.165, 1.54) is 29.5 Å². The molecule has 0 atom stereocenters. The quantitative estimate of drug-likeness (QED) is 0.692. The van der Waals surface area contributed by atoms with Gasteiger partial charge in [-0.3, -0.25) is 4.79 Å². The van der Waals surface area contributed by atoms with Gasteiger partial charge in [0.05, 0.1) is 10.4 Å². The number of hydrogen-bond acceptors (Lipinski definition) is 2. The summed E-state index contributed by atoms with van der Waals surface area (Å²) in [6.07, 6.45) is -4.53. The molecule has 2 aromatic rings. The summed E-state index contributed by atoms with van der Waals surface area (Å²) in [6, 6.07) is 6.37. The lowest BCUT2D eigenvalue weighted by Crippen LogP contribution is -2.12. The van der Waals surface area contributed by atoms with Crippen molar-refractivity contribution in [1.29, 1.82) is 0 Å². The van der Waals surface area contributed by atoms with Crippen LogP contribution in [-0.4, -0.2) is 5.78 Å². The Labute approximate surface area is 120 Å². The second kappa shape index (κ2) is 5.09. The van der Waals surface area contributed by atoms with Gasteiger partial charge in [-0.05, 0) is 35.0 Å². The maximum Gasteiger partial charge on any atom is 0.417 e. The zero-order valence-corrected chi connectivity index (χ0v) is 12.1. The van der Waals surface area contributed by atoms with Gasteiger partial charge in [0.15, 0.2) is 0 Å². The number of alkyl halides is 3. The molecule has 1 aromatic heterocycles. The summed E-state index contributed by atoms with van der Waals surface area (Å²) in [4.78, 5) is 13.3. The van der Waals surface area contributed by atoms with Crippen LogP contribution in [0.3, 0.4) is 0 Å². The van der Waals surface area contributed by atoms with Crippen LogP contribution in [0.2, 0.25) is 0 Å². The van der Waals surface area contributed by atoms with E-state index in [0.29, 0.717) is 4.88 Å². The molecule has 19 heavy (non-hydrogen) atoms. The van der Waals surface area contributed by atoms with Gasteiger partial charge in [-0.1, -0.05) is 18.2 Å². The lowest BCUT2D eigenvalue weighted by Gasteiger charge is -2.10. The van der Waals surface area contributed by atoms with Crippen molar-refractivity contribution in [2.75, 3.05) is 0 Å². The SMILES string of the molecule is Cc1sc(C(=O)c2ccccc2C(F)(F)F)cc1Br. The Balaban J connectivity index is 2.51. The van der Waals surface area contributed by atoms with Crippen LogP contribution in [0.25, 0.3) is 0 Å². The molecule has 0 unspecified atom stereocenters. The number of rotatable bonds is 2. The molecule has 0 amide bonds. The molecule has 6 heteroatoms. The Hall–Kier alpha value is -1.14. The van der Waals surface area contributed by atoms with Crippen molar-refractivity contribution in [3.8, 4) is 0 Å². The zero-order chi connectivity index (χ0) is 14.2. The van der Waals surface area contributed by atoms with Gasteiger partial charge in [-0.2, -0.15) is 13.2 Å². The molecule has 1 nitrogen and oxygen atoms in total. The first-order chi connectivity index (χ1) is 8.80. The van der Waals surface area contributed by atoms with Crippen LogP contribution in [0.15, 0.2) is 34.8 Å². The molecule has 0 radical (unpaired) electrons. The molecule has 100 valence electrons. The molecule has 1 aromatic carbocycles. The lowest BCUT2D eigenvalue weighted by atomic mass is 10.0. The first-order valence-corrected chi connectivity index (χ1v) is 6.88. The van der Waals surface area contributed by atoms with E-state index in [2.05, 4.69) is 15.9 Å². The normalized spacial score (nSPS) is 11.6. The molecular formula is C13H8BrF3OS. The fraction of sp³-hybridized carbons (Fsp3) is 0.154. The summed E-state index contributed by atoms with van der Waals surface area (Å²) in [5.74, 6) is -0.605. The van der Waals surface area contributed by atoms with Gasteiger partial charge in [0.1, 0.15) is 0 Å². The van der Waals surface area contributed by atoms with Gasteiger partial charge in [0.2, 0.25) is 5.78 Å². The van der Waals surface area contributed by atoms with Crippen molar-refractivity contribution < 1.29 is 18.0 Å². The molecule has 2 rings (SSSR count). The second-order valence-electron chi connectivity index (χ2n) is 3.89. The van der Waals surface area contributed by atoms with Gasteiger partial charge in [0, 0.05) is 14.9 Å². The summed E-state index contributed by atoms with van der Waals surface area (Å²) in [6.45, 7) is 1.79. The zero-order valence-electron chi connectivity index (χ0n) is 9.72. The van der Waals surface area contributed by atoms with Gasteiger partial charge in [-0.25, -0.2) is 0 Å². The van der Waals surface area contributed by atoms with E-state index in [1.54, 1.807) is 13.0 Å². The summed E-state index contributed by atoms with van der Waals surface area (Å²) in [5, 5.41) is 0. The molecule has 0 spiro atoms. The highest BCUT2D eigenvalue weighted by Crippen LogP contribution is 2.34. The summed E-state index contributed by atoms with van der Waals surface area (Å²) < 4.78 is 39.3. The minimum atomic E-state index is -4.53. The number of ketones is 1. The van der Waals surface area contributed by atoms with Gasteiger partial charge >= 0.3 is 6.18 Å². The van der Waals surface area contributed by atoms with Crippen molar-refractivity contribution in [2.24, 2.45) is 0 Å². The van der Waals surface area contributed by atoms with Crippen LogP contribution in [0, 0.1) is 6.92 Å². The fourth-order valence-corrected chi connectivity index (χ4v) is 3.12. The monoisotopic (exact) mass is 348 g/mol. The smallest absolute Gasteiger partial charge is 0.288 e. The van der Waals surface area contributed by atoms with Crippen LogP contribution in [-0.2, 0) is 6.18 Å². The highest BCUT2D eigenvalue weighted by molar-refractivity contribution is 9.10. The predicted molar refractivity (Wildman–Crippen MR) is 71.6 cm³/mol. The number of hydrogen-bond donors (Lipinski definition) is 0. The Kier molecular flexibility index (Phi) is 3.82. The highest BCUT2D eigenvalue weighted by atomic mass is 79.9. The first-order valence-electron chi connectivity index (χ1n) is 5.27. The number of carbonyl (C=O) groups is 1. The Morgan fingerprint density at radius 1 is 1.26 bits per heavy atom. The summed E-state index contributed by atoms with van der Waals surface area (Å²) in [7, 11) is 0. The predicted octanol–water partition coefficient (Wildman–Crippen LogP) is 5.07. The van der Waals surface area contributed by atoms with Crippen LogP contribution < -0.4 is 0 Å². The Bertz CT molecular complexity index is 612. The van der Waals surface area contributed by atoms with Crippen LogP contribution in [0.4, 0.5) is 13.2 Å². The van der Waals surface area contributed by atoms with E-state index in [1.807, 2.05) is 0 Å². The van der Waals surface area contributed by atoms with Crippen LogP contribution in [0.1, 0.15) is 25.7 Å². The third-order valence-corrected chi connectivity index (χ3v) is 4.69. The molecule has 0 aliphatic rings. The third kappa shape index (κ3) is 2.90. The van der Waals surface area contributed by atoms with E-state index in [-0.39, 0.29) is 5.56 Å². The standard InChI is InChI=1S/C13H8BrF3OS/c1-7-10(14)6-11(19-7)12(18)8-4-2-3-5-9(8)13(15,16)17/h2-6H,1H3. The van der Waals surface area contributed by atoms with Crippen molar-refractivity contribution in [3.63, 3.8) is 0 Å². The number of carbonyl (C=O) groups excluding carboxylic acids is 1. The van der Waals surface area contributed by atoms with Crippen LogP contribution in [0.5, 0.6) is 0 Å². The van der Waals surface area contributed by atoms with E-state index < -0.39 is 17.5 Å². The fourth-order valence-electron chi connectivity index (χ4n) is 1.63. The van der Waals surface area contributed by atoms with Crippen molar-refractivity contribution in [1.82, 2.24) is 0 Å². The minimum Gasteiger partial charge on any atom is -0.288 e. The molecule has 0 aliphatic heterocycles. The number of aryl methyl sites for hydroxylation is 1. The molecule has 1 heterocycles. The van der Waals surface area contributed by atoms with Crippen molar-refractivity contribution in [3.05, 3.63) is 55.7 Å². The molecule has 0 saturated carbocycles. The average molecular weight is 349 g/mol. The topological polar surface area (TPSA) is 17.1 Å². The summed E-state index contributed by atoms with van der Waals surface area (Å²) in [5.41, 5.74) is -1.22. The van der Waals surface area contributed by atoms with E-state index in [9.17, 15) is 18.0 Å². The minimum absolute atomic E-state index is 0.293. The highest BCUT2D eigenvalue weighted by Gasteiger charge is 2.35. The molecule has 0 aliphatic carbocycles. The molecule has 0 N–H and O–H groups in total. The van der Waals surface area contributed by atoms with Crippen LogP contribution >= 0.6 is 27.3 Å². The van der Waals surface area contributed by atoms with Crippen molar-refractivity contribution in [2.45, 2.75) is 13.1 Å². The number of halogens is 4. The van der Waals surface area contributed by atoms with Crippen molar-refractivity contribution >= 4 is 33.0 Å². The molecule has 0 fully saturated rings. The third-order valence-electron chi connectivity index (χ3n) is 2.56. The maximum absolute atomic E-state index is 12.9. The summed E-state index contributed by atoms with van der Waals surface area (Å²) >= 11 is 4.42. The number of thiophene rings is 1. The van der Waals surface area contributed by atoms with Gasteiger partial charge in [-0.15, -0.1) is 11.3 Å². The Morgan fingerprint density at radius 2 is 1.89 bits per heavy atom. The number of benzene rings is 1. The van der Waals surface area contributed by atoms with Gasteiger partial charge in [0.25, 0.3) is 0 Å². The average Bonchev–Trinajstić information content (AvgIpc) is 2.68. The van der Waals surface area contributed by atoms with E-state index in [4.69, 9.17) is 0 Å². The molecule has 0 saturated heterocycles. The first kappa shape index (κ1) is 14.3. The van der Waals surface area contributed by atoms with Gasteiger partial charge < -0.3 is 0 Å². The Morgan fingerprint density at radius 3 is 2.42 bits per heavy atom. The lowest BCUT2D eigenvalue weighted by molar-refractivity contribution is -0.137. The maximum atomic E-state index is 12.9. The van der Waals surface area contributed by atoms with E-state index in [0.717, 1.165) is 15.4 Å². The second-order valence-corrected chi connectivity index (χ2v) is 6.00. The van der Waals surface area contributed by atoms with E-state index >= 15 is 0 Å².